The molecular weight excluding hydrogens is 370 g/mol. The van der Waals surface area contributed by atoms with Gasteiger partial charge in [-0.05, 0) is 62.4 Å². The average molecular weight is 398 g/mol. The molecule has 6 heteroatoms. The summed E-state index contributed by atoms with van der Waals surface area (Å²) < 4.78 is 5.32. The highest BCUT2D eigenvalue weighted by Gasteiger charge is 2.24. The molecule has 1 N–H and O–H groups in total. The zero-order valence-corrected chi connectivity index (χ0v) is 17.7. The van der Waals surface area contributed by atoms with E-state index in [9.17, 15) is 4.79 Å². The van der Waals surface area contributed by atoms with Gasteiger partial charge in [0, 0.05) is 11.4 Å². The summed E-state index contributed by atoms with van der Waals surface area (Å²) in [5.41, 5.74) is 2.40. The molecule has 28 heavy (non-hydrogen) atoms. The van der Waals surface area contributed by atoms with Crippen molar-refractivity contribution in [2.75, 3.05) is 14.2 Å². The lowest BCUT2D eigenvalue weighted by Crippen LogP contribution is -2.26. The van der Waals surface area contributed by atoms with E-state index in [2.05, 4.69) is 36.8 Å². The SMILES string of the molecule is COc1cccc(CN(C)[C@@H](C)c2nc3sc4c(c3c(=O)[nH]2)CC[C@H](C)C4)c1. The van der Waals surface area contributed by atoms with E-state index in [1.165, 1.54) is 10.4 Å². The molecule has 0 bridgehead atoms. The van der Waals surface area contributed by atoms with Crippen LogP contribution in [0.3, 0.4) is 0 Å². The lowest BCUT2D eigenvalue weighted by Gasteiger charge is -2.24. The summed E-state index contributed by atoms with van der Waals surface area (Å²) in [5, 5.41) is 0.818. The van der Waals surface area contributed by atoms with Gasteiger partial charge in [-0.1, -0.05) is 19.1 Å². The van der Waals surface area contributed by atoms with Gasteiger partial charge in [-0.3, -0.25) is 9.69 Å². The van der Waals surface area contributed by atoms with Crippen molar-refractivity contribution < 1.29 is 4.74 Å². The molecule has 5 nitrogen and oxygen atoms in total. The van der Waals surface area contributed by atoms with Crippen LogP contribution in [0, 0.1) is 5.92 Å². The molecule has 3 aromatic rings. The minimum absolute atomic E-state index is 0.00125. The first-order chi connectivity index (χ1) is 13.5. The molecule has 148 valence electrons. The van der Waals surface area contributed by atoms with Crippen molar-refractivity contribution in [3.63, 3.8) is 0 Å². The maximum atomic E-state index is 12.9. The van der Waals surface area contributed by atoms with E-state index in [1.54, 1.807) is 18.4 Å². The predicted octanol–water partition coefficient (Wildman–Crippen LogP) is 4.31. The number of fused-ring (bicyclic) bond motifs is 3. The third kappa shape index (κ3) is 3.59. The molecule has 2 heterocycles. The summed E-state index contributed by atoms with van der Waals surface area (Å²) in [7, 11) is 3.73. The van der Waals surface area contributed by atoms with Crippen LogP contribution in [0.1, 0.15) is 48.1 Å². The number of methoxy groups -OCH3 is 1. The molecule has 4 rings (SSSR count). The van der Waals surface area contributed by atoms with Crippen molar-refractivity contribution in [2.24, 2.45) is 5.92 Å². The number of aryl methyl sites for hydroxylation is 1. The largest absolute Gasteiger partial charge is 0.497 e. The summed E-state index contributed by atoms with van der Waals surface area (Å²) in [6.07, 6.45) is 3.21. The summed E-state index contributed by atoms with van der Waals surface area (Å²) >= 11 is 1.70. The van der Waals surface area contributed by atoms with Crippen LogP contribution in [-0.4, -0.2) is 29.0 Å². The Labute approximate surface area is 169 Å². The van der Waals surface area contributed by atoms with Crippen molar-refractivity contribution in [3.8, 4) is 5.75 Å². The molecule has 0 aliphatic heterocycles. The lowest BCUT2D eigenvalue weighted by molar-refractivity contribution is 0.243. The zero-order valence-electron chi connectivity index (χ0n) is 16.9. The van der Waals surface area contributed by atoms with Crippen LogP contribution in [-0.2, 0) is 19.4 Å². The van der Waals surface area contributed by atoms with Crippen LogP contribution < -0.4 is 10.3 Å². The maximum absolute atomic E-state index is 12.9. The van der Waals surface area contributed by atoms with Crippen molar-refractivity contribution in [3.05, 3.63) is 56.4 Å². The molecule has 0 saturated heterocycles. The molecule has 0 spiro atoms. The van der Waals surface area contributed by atoms with Crippen molar-refractivity contribution >= 4 is 21.6 Å². The minimum Gasteiger partial charge on any atom is -0.497 e. The number of rotatable bonds is 5. The molecule has 1 aromatic carbocycles. The lowest BCUT2D eigenvalue weighted by atomic mass is 9.89. The monoisotopic (exact) mass is 397 g/mol. The van der Waals surface area contributed by atoms with Crippen molar-refractivity contribution in [1.29, 1.82) is 0 Å². The first-order valence-electron chi connectivity index (χ1n) is 9.84. The maximum Gasteiger partial charge on any atom is 0.259 e. The highest BCUT2D eigenvalue weighted by Crippen LogP contribution is 2.36. The number of nitrogens with one attached hydrogen (secondary N) is 1. The fourth-order valence-corrected chi connectivity index (χ4v) is 5.36. The number of nitrogens with zero attached hydrogens (tertiary/aromatic N) is 2. The molecule has 0 saturated carbocycles. The third-order valence-corrected chi connectivity index (χ3v) is 6.95. The molecule has 0 fully saturated rings. The van der Waals surface area contributed by atoms with E-state index >= 15 is 0 Å². The van der Waals surface area contributed by atoms with E-state index in [0.717, 1.165) is 53.2 Å². The predicted molar refractivity (Wildman–Crippen MR) is 114 cm³/mol. The van der Waals surface area contributed by atoms with E-state index in [0.29, 0.717) is 5.92 Å². The number of aromatic nitrogens is 2. The van der Waals surface area contributed by atoms with Gasteiger partial charge in [0.05, 0.1) is 18.5 Å². The van der Waals surface area contributed by atoms with E-state index in [1.807, 2.05) is 18.2 Å². The number of H-pyrrole nitrogens is 1. The van der Waals surface area contributed by atoms with Gasteiger partial charge < -0.3 is 9.72 Å². The highest BCUT2D eigenvalue weighted by molar-refractivity contribution is 7.18. The number of benzene rings is 1. The van der Waals surface area contributed by atoms with Gasteiger partial charge in [0.1, 0.15) is 16.4 Å². The molecule has 0 radical (unpaired) electrons. The topological polar surface area (TPSA) is 58.2 Å². The van der Waals surface area contributed by atoms with E-state index in [4.69, 9.17) is 9.72 Å². The number of hydrogen-bond acceptors (Lipinski definition) is 5. The first-order valence-corrected chi connectivity index (χ1v) is 10.7. The smallest absolute Gasteiger partial charge is 0.259 e. The second-order valence-electron chi connectivity index (χ2n) is 7.93. The molecule has 2 atom stereocenters. The normalized spacial score (nSPS) is 17.7. The summed E-state index contributed by atoms with van der Waals surface area (Å²) in [4.78, 5) is 25.2. The zero-order chi connectivity index (χ0) is 19.8. The molecule has 0 amide bonds. The second-order valence-corrected chi connectivity index (χ2v) is 9.01. The molecule has 1 aliphatic rings. The molecule has 0 unspecified atom stereocenters. The van der Waals surface area contributed by atoms with Crippen LogP contribution >= 0.6 is 11.3 Å². The quantitative estimate of drug-likeness (QED) is 0.697. The van der Waals surface area contributed by atoms with Crippen LogP contribution in [0.2, 0.25) is 0 Å². The Hall–Kier alpha value is -2.18. The Morgan fingerprint density at radius 3 is 3.04 bits per heavy atom. The minimum atomic E-state index is 0.00125. The Morgan fingerprint density at radius 2 is 2.25 bits per heavy atom. The molecule has 1 aliphatic carbocycles. The number of hydrogen-bond donors (Lipinski definition) is 1. The van der Waals surface area contributed by atoms with E-state index in [-0.39, 0.29) is 11.6 Å². The van der Waals surface area contributed by atoms with Gasteiger partial charge >= 0.3 is 0 Å². The average Bonchev–Trinajstić information content (AvgIpc) is 3.05. The Bertz CT molecular complexity index is 1060. The number of ether oxygens (including phenoxy) is 1. The second kappa shape index (κ2) is 7.68. The van der Waals surface area contributed by atoms with Gasteiger partial charge in [0.25, 0.3) is 5.56 Å². The van der Waals surface area contributed by atoms with Crippen molar-refractivity contribution in [2.45, 2.75) is 45.7 Å². The Balaban J connectivity index is 1.62. The number of aromatic amines is 1. The number of thiophene rings is 1. The first kappa shape index (κ1) is 19.2. The molecule has 2 aromatic heterocycles. The van der Waals surface area contributed by atoms with Gasteiger partial charge in [-0.25, -0.2) is 4.98 Å². The Morgan fingerprint density at radius 1 is 1.43 bits per heavy atom. The molecular formula is C22H27N3O2S. The van der Waals surface area contributed by atoms with Crippen LogP contribution in [0.15, 0.2) is 29.1 Å². The van der Waals surface area contributed by atoms with Gasteiger partial charge in [0.2, 0.25) is 0 Å². The summed E-state index contributed by atoms with van der Waals surface area (Å²) in [5.74, 6) is 2.27. The van der Waals surface area contributed by atoms with Gasteiger partial charge in [0.15, 0.2) is 0 Å². The van der Waals surface area contributed by atoms with Gasteiger partial charge in [-0.2, -0.15) is 0 Å². The highest BCUT2D eigenvalue weighted by atomic mass is 32.1. The van der Waals surface area contributed by atoms with Crippen LogP contribution in [0.25, 0.3) is 10.2 Å². The fraction of sp³-hybridized carbons (Fsp3) is 0.455. The van der Waals surface area contributed by atoms with Crippen LogP contribution in [0.4, 0.5) is 0 Å². The van der Waals surface area contributed by atoms with Crippen molar-refractivity contribution in [1.82, 2.24) is 14.9 Å². The summed E-state index contributed by atoms with van der Waals surface area (Å²) in [6, 6.07) is 8.06. The van der Waals surface area contributed by atoms with Gasteiger partial charge in [-0.15, -0.1) is 11.3 Å². The third-order valence-electron chi connectivity index (χ3n) is 5.81. The fourth-order valence-electron chi connectivity index (χ4n) is 3.97. The summed E-state index contributed by atoms with van der Waals surface area (Å²) in [6.45, 7) is 5.12. The Kier molecular flexibility index (Phi) is 5.25. The van der Waals surface area contributed by atoms with E-state index < -0.39 is 0 Å². The van der Waals surface area contributed by atoms with Crippen LogP contribution in [0.5, 0.6) is 5.75 Å². The standard InChI is InChI=1S/C22H27N3O2S/c1-13-8-9-17-18(10-13)28-22-19(17)21(26)23-20(24-22)14(2)25(3)12-15-6-5-7-16(11-15)27-4/h5-7,11,13-14H,8-10,12H2,1-4H3,(H,23,24,26)/t13-,14-/m0/s1.